The van der Waals surface area contributed by atoms with Crippen LogP contribution in [0.15, 0.2) is 67.3 Å². The molecule has 0 saturated carbocycles. The lowest BCUT2D eigenvalue weighted by atomic mass is 10.1. The highest BCUT2D eigenvalue weighted by Gasteiger charge is 2.25. The number of benzene rings is 2. The van der Waals surface area contributed by atoms with E-state index in [2.05, 4.69) is 6.58 Å². The van der Waals surface area contributed by atoms with Gasteiger partial charge in [-0.05, 0) is 43.2 Å². The van der Waals surface area contributed by atoms with E-state index in [-0.39, 0.29) is 24.1 Å². The Bertz CT molecular complexity index is 734. The fourth-order valence-electron chi connectivity index (χ4n) is 2.79. The molecule has 0 radical (unpaired) electrons. The van der Waals surface area contributed by atoms with E-state index in [4.69, 9.17) is 19.3 Å². The zero-order valence-corrected chi connectivity index (χ0v) is 16.6. The van der Waals surface area contributed by atoms with Gasteiger partial charge in [-0.15, -0.1) is 6.58 Å². The SMILES string of the molecule is C=CCO[C@@H]1CC(O)CC(C)O1.O=C(O)c1ccc(OCc2ccccc2)cc1. The average Bonchev–Trinajstić information content (AvgIpc) is 2.71. The number of aliphatic hydroxyl groups excluding tert-OH is 1. The van der Waals surface area contributed by atoms with Crippen LogP contribution >= 0.6 is 0 Å². The number of aromatic carboxylic acids is 1. The molecule has 2 unspecified atom stereocenters. The lowest BCUT2D eigenvalue weighted by Gasteiger charge is -2.30. The van der Waals surface area contributed by atoms with Gasteiger partial charge in [-0.3, -0.25) is 0 Å². The average molecular weight is 400 g/mol. The summed E-state index contributed by atoms with van der Waals surface area (Å²) in [7, 11) is 0. The minimum absolute atomic E-state index is 0.0866. The maximum atomic E-state index is 10.7. The summed E-state index contributed by atoms with van der Waals surface area (Å²) < 4.78 is 16.2. The molecule has 3 atom stereocenters. The van der Waals surface area contributed by atoms with Crippen LogP contribution < -0.4 is 4.74 Å². The van der Waals surface area contributed by atoms with E-state index in [9.17, 15) is 9.90 Å². The third-order valence-electron chi connectivity index (χ3n) is 4.20. The first-order valence-electron chi connectivity index (χ1n) is 9.54. The van der Waals surface area contributed by atoms with Crippen molar-refractivity contribution in [2.75, 3.05) is 6.61 Å². The summed E-state index contributed by atoms with van der Waals surface area (Å²) in [6.45, 7) is 6.43. The highest BCUT2D eigenvalue weighted by atomic mass is 16.7. The van der Waals surface area contributed by atoms with Crippen LogP contribution in [0.2, 0.25) is 0 Å². The number of carboxylic acids is 1. The van der Waals surface area contributed by atoms with E-state index in [1.807, 2.05) is 37.3 Å². The van der Waals surface area contributed by atoms with Crippen molar-refractivity contribution in [1.82, 2.24) is 0 Å². The predicted octanol–water partition coefficient (Wildman–Crippen LogP) is 4.04. The van der Waals surface area contributed by atoms with Crippen molar-refractivity contribution in [1.29, 1.82) is 0 Å². The maximum Gasteiger partial charge on any atom is 0.335 e. The molecule has 1 heterocycles. The van der Waals surface area contributed by atoms with Crippen molar-refractivity contribution in [2.24, 2.45) is 0 Å². The first kappa shape index (κ1) is 22.6. The molecule has 1 fully saturated rings. The Labute approximate surface area is 171 Å². The molecule has 6 heteroatoms. The number of carboxylic acid groups (broad SMARTS) is 1. The van der Waals surface area contributed by atoms with Gasteiger partial charge in [0.05, 0.1) is 24.4 Å². The van der Waals surface area contributed by atoms with Gasteiger partial charge >= 0.3 is 5.97 Å². The summed E-state index contributed by atoms with van der Waals surface area (Å²) >= 11 is 0. The second-order valence-corrected chi connectivity index (χ2v) is 6.73. The smallest absolute Gasteiger partial charge is 0.335 e. The molecule has 2 N–H and O–H groups in total. The molecule has 1 aliphatic rings. The highest BCUT2D eigenvalue weighted by Crippen LogP contribution is 2.19. The summed E-state index contributed by atoms with van der Waals surface area (Å²) in [5.41, 5.74) is 1.34. The van der Waals surface area contributed by atoms with Gasteiger partial charge in [-0.2, -0.15) is 0 Å². The highest BCUT2D eigenvalue weighted by molar-refractivity contribution is 5.87. The summed E-state index contributed by atoms with van der Waals surface area (Å²) in [6.07, 6.45) is 2.48. The summed E-state index contributed by atoms with van der Waals surface area (Å²) in [6, 6.07) is 16.2. The lowest BCUT2D eigenvalue weighted by molar-refractivity contribution is -0.205. The van der Waals surface area contributed by atoms with E-state index < -0.39 is 5.97 Å². The summed E-state index contributed by atoms with van der Waals surface area (Å²) in [5, 5.41) is 18.1. The normalized spacial score (nSPS) is 20.8. The van der Waals surface area contributed by atoms with Crippen molar-refractivity contribution in [3.63, 3.8) is 0 Å². The third-order valence-corrected chi connectivity index (χ3v) is 4.20. The van der Waals surface area contributed by atoms with E-state index in [0.717, 1.165) is 5.56 Å². The number of rotatable bonds is 7. The van der Waals surface area contributed by atoms with Gasteiger partial charge in [0.2, 0.25) is 0 Å². The quantitative estimate of drug-likeness (QED) is 0.683. The molecule has 6 nitrogen and oxygen atoms in total. The molecular formula is C23H28O6. The van der Waals surface area contributed by atoms with Crippen molar-refractivity contribution in [3.8, 4) is 5.75 Å². The van der Waals surface area contributed by atoms with Gasteiger partial charge < -0.3 is 24.4 Å². The monoisotopic (exact) mass is 400 g/mol. The van der Waals surface area contributed by atoms with Crippen molar-refractivity contribution < 1.29 is 29.2 Å². The van der Waals surface area contributed by atoms with Crippen LogP contribution in [0.25, 0.3) is 0 Å². The maximum absolute atomic E-state index is 10.7. The largest absolute Gasteiger partial charge is 0.489 e. The lowest BCUT2D eigenvalue weighted by Crippen LogP contribution is -2.35. The number of ether oxygens (including phenoxy) is 3. The Hall–Kier alpha value is -2.67. The molecule has 2 aromatic rings. The molecule has 1 saturated heterocycles. The van der Waals surface area contributed by atoms with E-state index >= 15 is 0 Å². The zero-order chi connectivity index (χ0) is 21.1. The minimum Gasteiger partial charge on any atom is -0.489 e. The molecule has 1 aliphatic heterocycles. The fourth-order valence-corrected chi connectivity index (χ4v) is 2.79. The van der Waals surface area contributed by atoms with E-state index in [0.29, 0.717) is 31.8 Å². The molecule has 2 aromatic carbocycles. The molecule has 0 aliphatic carbocycles. The van der Waals surface area contributed by atoms with Crippen LogP contribution in [0.4, 0.5) is 0 Å². The van der Waals surface area contributed by atoms with Crippen molar-refractivity contribution in [2.45, 2.75) is 44.9 Å². The van der Waals surface area contributed by atoms with Crippen LogP contribution in [0, 0.1) is 0 Å². The van der Waals surface area contributed by atoms with Gasteiger partial charge in [0, 0.05) is 6.42 Å². The van der Waals surface area contributed by atoms with E-state index in [1.165, 1.54) is 12.1 Å². The van der Waals surface area contributed by atoms with Crippen LogP contribution in [0.1, 0.15) is 35.7 Å². The van der Waals surface area contributed by atoms with Crippen molar-refractivity contribution >= 4 is 5.97 Å². The number of hydrogen-bond donors (Lipinski definition) is 2. The predicted molar refractivity (Wildman–Crippen MR) is 110 cm³/mol. The number of aliphatic hydroxyl groups is 1. The van der Waals surface area contributed by atoms with Gasteiger partial charge in [0.25, 0.3) is 0 Å². The standard InChI is InChI=1S/C14H12O3.C9H16O3/c15-14(16)12-6-8-13(9-7-12)17-10-11-4-2-1-3-5-11;1-3-4-11-9-6-8(10)5-7(2)12-9/h1-9H,10H2,(H,15,16);3,7-10H,1,4-6H2,2H3/t;7?,8?,9-/m.0/s1. The number of hydrogen-bond acceptors (Lipinski definition) is 5. The first-order chi connectivity index (χ1) is 14.0. The molecule has 0 spiro atoms. The van der Waals surface area contributed by atoms with Gasteiger partial charge in [0.15, 0.2) is 6.29 Å². The van der Waals surface area contributed by atoms with Gasteiger partial charge in [0.1, 0.15) is 12.4 Å². The molecule has 3 rings (SSSR count). The first-order valence-corrected chi connectivity index (χ1v) is 9.54. The molecule has 29 heavy (non-hydrogen) atoms. The second-order valence-electron chi connectivity index (χ2n) is 6.73. The Morgan fingerprint density at radius 3 is 2.45 bits per heavy atom. The fraction of sp³-hybridized carbons (Fsp3) is 0.348. The molecular weight excluding hydrogens is 372 g/mol. The topological polar surface area (TPSA) is 85.2 Å². The Balaban J connectivity index is 0.000000221. The minimum atomic E-state index is -0.931. The van der Waals surface area contributed by atoms with E-state index in [1.54, 1.807) is 18.2 Å². The van der Waals surface area contributed by atoms with Gasteiger partial charge in [-0.25, -0.2) is 4.79 Å². The van der Waals surface area contributed by atoms with Crippen molar-refractivity contribution in [3.05, 3.63) is 78.4 Å². The zero-order valence-electron chi connectivity index (χ0n) is 16.6. The molecule has 0 bridgehead atoms. The summed E-state index contributed by atoms with van der Waals surface area (Å²) in [4.78, 5) is 10.7. The molecule has 0 amide bonds. The Morgan fingerprint density at radius 1 is 1.17 bits per heavy atom. The van der Waals surface area contributed by atoms with Gasteiger partial charge in [-0.1, -0.05) is 36.4 Å². The van der Waals surface area contributed by atoms with Crippen LogP contribution in [-0.2, 0) is 16.1 Å². The molecule has 156 valence electrons. The molecule has 0 aromatic heterocycles. The van der Waals surface area contributed by atoms with Crippen LogP contribution in [-0.4, -0.2) is 41.3 Å². The third kappa shape index (κ3) is 8.48. The Morgan fingerprint density at radius 2 is 1.86 bits per heavy atom. The van der Waals surface area contributed by atoms with Crippen LogP contribution in [0.3, 0.4) is 0 Å². The van der Waals surface area contributed by atoms with Crippen LogP contribution in [0.5, 0.6) is 5.75 Å². The second kappa shape index (κ2) is 12.0. The Kier molecular flexibility index (Phi) is 9.37. The summed E-state index contributed by atoms with van der Waals surface area (Å²) in [5.74, 6) is -0.265. The number of carbonyl (C=O) groups is 1.